The molecule has 0 aliphatic carbocycles. The highest BCUT2D eigenvalue weighted by molar-refractivity contribution is 6.31. The van der Waals surface area contributed by atoms with E-state index in [1.54, 1.807) is 12.4 Å². The first-order chi connectivity index (χ1) is 7.26. The van der Waals surface area contributed by atoms with Gasteiger partial charge in [-0.1, -0.05) is 11.6 Å². The molecule has 1 aromatic rings. The third-order valence-corrected chi connectivity index (χ3v) is 3.28. The monoisotopic (exact) mass is 227 g/mol. The van der Waals surface area contributed by atoms with Crippen LogP contribution in [0.3, 0.4) is 0 Å². The molecule has 1 aromatic heterocycles. The SMILES string of the molecule is OCC1(Cc2ccncc2Cl)CCOC1. The molecule has 1 unspecified atom stereocenters. The quantitative estimate of drug-likeness (QED) is 0.855. The molecule has 1 atom stereocenters. The average Bonchev–Trinajstić information content (AvgIpc) is 2.71. The van der Waals surface area contributed by atoms with Crippen LogP contribution >= 0.6 is 11.6 Å². The molecule has 0 saturated carbocycles. The summed E-state index contributed by atoms with van der Waals surface area (Å²) in [5.41, 5.74) is 0.886. The molecule has 0 aromatic carbocycles. The van der Waals surface area contributed by atoms with Crippen molar-refractivity contribution in [1.82, 2.24) is 4.98 Å². The van der Waals surface area contributed by atoms with Crippen molar-refractivity contribution in [3.05, 3.63) is 29.0 Å². The first kappa shape index (κ1) is 10.9. The second-order valence-corrected chi connectivity index (χ2v) is 4.51. The summed E-state index contributed by atoms with van der Waals surface area (Å²) in [4.78, 5) is 3.94. The van der Waals surface area contributed by atoms with E-state index in [0.29, 0.717) is 11.6 Å². The molecule has 1 N–H and O–H groups in total. The van der Waals surface area contributed by atoms with E-state index >= 15 is 0 Å². The van der Waals surface area contributed by atoms with E-state index in [1.165, 1.54) is 0 Å². The summed E-state index contributed by atoms with van der Waals surface area (Å²) in [7, 11) is 0. The van der Waals surface area contributed by atoms with Crippen molar-refractivity contribution in [3.8, 4) is 0 Å². The lowest BCUT2D eigenvalue weighted by atomic mass is 9.82. The van der Waals surface area contributed by atoms with Gasteiger partial charge >= 0.3 is 0 Å². The Kier molecular flexibility index (Phi) is 3.24. The average molecular weight is 228 g/mol. The summed E-state index contributed by atoms with van der Waals surface area (Å²) in [6.45, 7) is 1.48. The Balaban J connectivity index is 2.16. The summed E-state index contributed by atoms with van der Waals surface area (Å²) in [6.07, 6.45) is 5.01. The highest BCUT2D eigenvalue weighted by Gasteiger charge is 2.34. The number of hydrogen-bond donors (Lipinski definition) is 1. The Morgan fingerprint density at radius 1 is 1.60 bits per heavy atom. The minimum absolute atomic E-state index is 0.144. The fourth-order valence-electron chi connectivity index (χ4n) is 1.92. The van der Waals surface area contributed by atoms with Crippen LogP contribution < -0.4 is 0 Å². The Hall–Kier alpha value is -0.640. The second-order valence-electron chi connectivity index (χ2n) is 4.10. The van der Waals surface area contributed by atoms with E-state index in [1.807, 2.05) is 6.07 Å². The molecule has 0 bridgehead atoms. The van der Waals surface area contributed by atoms with Crippen molar-refractivity contribution >= 4 is 11.6 Å². The topological polar surface area (TPSA) is 42.4 Å². The maximum Gasteiger partial charge on any atom is 0.0621 e. The van der Waals surface area contributed by atoms with Crippen LogP contribution in [0, 0.1) is 5.41 Å². The minimum atomic E-state index is -0.148. The molecule has 0 spiro atoms. The van der Waals surface area contributed by atoms with E-state index in [4.69, 9.17) is 16.3 Å². The van der Waals surface area contributed by atoms with Crippen LogP contribution in [0.1, 0.15) is 12.0 Å². The molecule has 4 heteroatoms. The van der Waals surface area contributed by atoms with Gasteiger partial charge in [0, 0.05) is 24.4 Å². The van der Waals surface area contributed by atoms with Crippen molar-refractivity contribution in [2.75, 3.05) is 19.8 Å². The predicted molar refractivity (Wildman–Crippen MR) is 57.9 cm³/mol. The van der Waals surface area contributed by atoms with Gasteiger partial charge in [0.1, 0.15) is 0 Å². The van der Waals surface area contributed by atoms with Crippen molar-refractivity contribution in [2.45, 2.75) is 12.8 Å². The van der Waals surface area contributed by atoms with Gasteiger partial charge in [0.2, 0.25) is 0 Å². The van der Waals surface area contributed by atoms with Gasteiger partial charge in [-0.15, -0.1) is 0 Å². The summed E-state index contributed by atoms with van der Waals surface area (Å²) in [5, 5.41) is 10.1. The third-order valence-electron chi connectivity index (χ3n) is 2.94. The number of pyridine rings is 1. The molecule has 15 heavy (non-hydrogen) atoms. The third kappa shape index (κ3) is 2.30. The lowest BCUT2D eigenvalue weighted by Gasteiger charge is -2.24. The maximum absolute atomic E-state index is 9.43. The van der Waals surface area contributed by atoms with Crippen LogP contribution in [0.2, 0.25) is 5.02 Å². The zero-order chi connectivity index (χ0) is 10.7. The minimum Gasteiger partial charge on any atom is -0.396 e. The Morgan fingerprint density at radius 2 is 2.47 bits per heavy atom. The van der Waals surface area contributed by atoms with E-state index in [-0.39, 0.29) is 12.0 Å². The number of ether oxygens (including phenoxy) is 1. The van der Waals surface area contributed by atoms with Gasteiger partial charge in [-0.2, -0.15) is 0 Å². The van der Waals surface area contributed by atoms with Crippen LogP contribution in [0.5, 0.6) is 0 Å². The number of aliphatic hydroxyl groups is 1. The van der Waals surface area contributed by atoms with E-state index in [0.717, 1.165) is 25.0 Å². The van der Waals surface area contributed by atoms with Crippen LogP contribution in [0.4, 0.5) is 0 Å². The molecule has 2 rings (SSSR count). The van der Waals surface area contributed by atoms with E-state index in [2.05, 4.69) is 4.98 Å². The van der Waals surface area contributed by atoms with Gasteiger partial charge in [0.25, 0.3) is 0 Å². The first-order valence-electron chi connectivity index (χ1n) is 5.03. The van der Waals surface area contributed by atoms with Crippen LogP contribution in [0.15, 0.2) is 18.5 Å². The fourth-order valence-corrected chi connectivity index (χ4v) is 2.11. The number of halogens is 1. The van der Waals surface area contributed by atoms with Crippen molar-refractivity contribution in [1.29, 1.82) is 0 Å². The zero-order valence-electron chi connectivity index (χ0n) is 8.45. The van der Waals surface area contributed by atoms with Crippen LogP contribution in [0.25, 0.3) is 0 Å². The van der Waals surface area contributed by atoms with E-state index < -0.39 is 0 Å². The Labute approximate surface area is 94.0 Å². The zero-order valence-corrected chi connectivity index (χ0v) is 9.20. The molecule has 1 aliphatic rings. The molecule has 3 nitrogen and oxygen atoms in total. The number of aliphatic hydroxyl groups excluding tert-OH is 1. The molecule has 2 heterocycles. The largest absolute Gasteiger partial charge is 0.396 e. The molecule has 0 amide bonds. The maximum atomic E-state index is 9.43. The van der Waals surface area contributed by atoms with Crippen molar-refractivity contribution < 1.29 is 9.84 Å². The molecule has 0 radical (unpaired) electrons. The number of rotatable bonds is 3. The van der Waals surface area contributed by atoms with Crippen LogP contribution in [-0.2, 0) is 11.2 Å². The molecular weight excluding hydrogens is 214 g/mol. The fraction of sp³-hybridized carbons (Fsp3) is 0.545. The lowest BCUT2D eigenvalue weighted by molar-refractivity contribution is 0.0935. The lowest BCUT2D eigenvalue weighted by Crippen LogP contribution is -2.28. The summed E-state index contributed by atoms with van der Waals surface area (Å²) in [6, 6.07) is 1.90. The molecule has 1 saturated heterocycles. The number of aromatic nitrogens is 1. The molecular formula is C11H14ClNO2. The second kappa shape index (κ2) is 4.47. The van der Waals surface area contributed by atoms with E-state index in [9.17, 15) is 5.11 Å². The Bertz CT molecular complexity index is 337. The van der Waals surface area contributed by atoms with Crippen molar-refractivity contribution in [2.24, 2.45) is 5.41 Å². The molecule has 82 valence electrons. The smallest absolute Gasteiger partial charge is 0.0621 e. The van der Waals surface area contributed by atoms with Gasteiger partial charge in [-0.05, 0) is 24.5 Å². The predicted octanol–water partition coefficient (Wildman–Crippen LogP) is 1.68. The number of hydrogen-bond acceptors (Lipinski definition) is 3. The Morgan fingerprint density at radius 3 is 3.07 bits per heavy atom. The van der Waals surface area contributed by atoms with Gasteiger partial charge < -0.3 is 9.84 Å². The normalized spacial score (nSPS) is 25.7. The molecule has 1 fully saturated rings. The summed E-state index contributed by atoms with van der Waals surface area (Å²) < 4.78 is 5.34. The van der Waals surface area contributed by atoms with Crippen LogP contribution in [-0.4, -0.2) is 29.9 Å². The number of nitrogens with zero attached hydrogens (tertiary/aromatic N) is 1. The molecule has 1 aliphatic heterocycles. The van der Waals surface area contributed by atoms with Gasteiger partial charge in [0.05, 0.1) is 18.2 Å². The van der Waals surface area contributed by atoms with Gasteiger partial charge in [-0.3, -0.25) is 4.98 Å². The summed E-state index contributed by atoms with van der Waals surface area (Å²) >= 11 is 6.04. The standard InChI is InChI=1S/C11H14ClNO2/c12-10-6-13-3-1-9(10)5-11(7-14)2-4-15-8-11/h1,3,6,14H,2,4-5,7-8H2. The highest BCUT2D eigenvalue weighted by Crippen LogP contribution is 2.33. The summed E-state index contributed by atoms with van der Waals surface area (Å²) in [5.74, 6) is 0. The van der Waals surface area contributed by atoms with Gasteiger partial charge in [-0.25, -0.2) is 0 Å². The highest BCUT2D eigenvalue weighted by atomic mass is 35.5. The first-order valence-corrected chi connectivity index (χ1v) is 5.41. The van der Waals surface area contributed by atoms with Crippen molar-refractivity contribution in [3.63, 3.8) is 0 Å². The van der Waals surface area contributed by atoms with Gasteiger partial charge in [0.15, 0.2) is 0 Å².